The van der Waals surface area contributed by atoms with Crippen LogP contribution in [0.1, 0.15) is 19.3 Å². The van der Waals surface area contributed by atoms with Crippen LogP contribution in [0, 0.1) is 0 Å². The molecule has 0 bridgehead atoms. The van der Waals surface area contributed by atoms with Crippen LogP contribution in [0.25, 0.3) is 0 Å². The maximum absolute atomic E-state index is 11.3. The molecular formula is C11H17N3O2. The number of fused-ring (bicyclic) bond motifs is 1. The van der Waals surface area contributed by atoms with Gasteiger partial charge in [-0.3, -0.25) is 24.7 Å². The third-order valence-corrected chi connectivity index (χ3v) is 4.01. The Bertz CT molecular complexity index is 315. The Morgan fingerprint density at radius 3 is 2.38 bits per heavy atom. The van der Waals surface area contributed by atoms with Gasteiger partial charge < -0.3 is 0 Å². The third-order valence-electron chi connectivity index (χ3n) is 4.01. The van der Waals surface area contributed by atoms with Crippen LogP contribution in [0.4, 0.5) is 0 Å². The summed E-state index contributed by atoms with van der Waals surface area (Å²) in [7, 11) is 0. The summed E-state index contributed by atoms with van der Waals surface area (Å²) < 4.78 is 0. The Morgan fingerprint density at radius 1 is 0.938 bits per heavy atom. The zero-order valence-corrected chi connectivity index (χ0v) is 9.32. The fourth-order valence-electron chi connectivity index (χ4n) is 3.38. The van der Waals surface area contributed by atoms with Crippen molar-refractivity contribution in [2.75, 3.05) is 26.2 Å². The van der Waals surface area contributed by atoms with Crippen molar-refractivity contribution in [3.63, 3.8) is 0 Å². The van der Waals surface area contributed by atoms with E-state index in [9.17, 15) is 9.59 Å². The maximum atomic E-state index is 11.3. The lowest BCUT2D eigenvalue weighted by Crippen LogP contribution is -2.56. The summed E-state index contributed by atoms with van der Waals surface area (Å²) in [6, 6.07) is 0.996. The van der Waals surface area contributed by atoms with Crippen molar-refractivity contribution in [1.29, 1.82) is 0 Å². The van der Waals surface area contributed by atoms with Gasteiger partial charge in [-0.05, 0) is 25.8 Å². The number of piperazine rings is 1. The molecule has 2 unspecified atom stereocenters. The van der Waals surface area contributed by atoms with Crippen molar-refractivity contribution < 1.29 is 9.59 Å². The van der Waals surface area contributed by atoms with E-state index in [1.54, 1.807) is 0 Å². The van der Waals surface area contributed by atoms with Crippen molar-refractivity contribution >= 4 is 11.8 Å². The van der Waals surface area contributed by atoms with Gasteiger partial charge in [0, 0.05) is 18.6 Å². The van der Waals surface area contributed by atoms with E-state index in [0.717, 1.165) is 13.0 Å². The summed E-state index contributed by atoms with van der Waals surface area (Å²) in [6.45, 7) is 3.10. The minimum absolute atomic E-state index is 0.146. The third kappa shape index (κ3) is 1.64. The summed E-state index contributed by atoms with van der Waals surface area (Å²) >= 11 is 0. The second-order valence-electron chi connectivity index (χ2n) is 4.98. The number of hydrogen-bond donors (Lipinski definition) is 1. The van der Waals surface area contributed by atoms with Gasteiger partial charge in [0.1, 0.15) is 0 Å². The highest BCUT2D eigenvalue weighted by molar-refractivity contribution is 5.99. The van der Waals surface area contributed by atoms with Gasteiger partial charge in [0.25, 0.3) is 0 Å². The highest BCUT2D eigenvalue weighted by Gasteiger charge is 2.42. The average Bonchev–Trinajstić information content (AvgIpc) is 2.75. The summed E-state index contributed by atoms with van der Waals surface area (Å²) in [5.74, 6) is -0.291. The number of carbonyl (C=O) groups is 2. The van der Waals surface area contributed by atoms with Gasteiger partial charge in [0.2, 0.25) is 11.8 Å². The van der Waals surface area contributed by atoms with Crippen molar-refractivity contribution in [2.24, 2.45) is 0 Å². The molecule has 3 aliphatic rings. The Hall–Kier alpha value is -0.940. The molecule has 3 rings (SSSR count). The van der Waals surface area contributed by atoms with Gasteiger partial charge in [0.15, 0.2) is 0 Å². The minimum Gasteiger partial charge on any atom is -0.299 e. The predicted molar refractivity (Wildman–Crippen MR) is 57.7 cm³/mol. The standard InChI is InChI=1S/C11H17N3O2/c15-10-6-14(7-11(16)12-10)9-3-5-13-4-1-2-8(9)13/h8-9H,1-7H2,(H,12,15,16). The van der Waals surface area contributed by atoms with E-state index in [4.69, 9.17) is 0 Å². The van der Waals surface area contributed by atoms with Gasteiger partial charge in [0.05, 0.1) is 13.1 Å². The molecule has 2 amide bonds. The Balaban J connectivity index is 1.72. The molecule has 3 saturated heterocycles. The Labute approximate surface area is 94.8 Å². The summed E-state index contributed by atoms with van der Waals surface area (Å²) in [5, 5.41) is 2.36. The second kappa shape index (κ2) is 3.82. The van der Waals surface area contributed by atoms with E-state index in [1.807, 2.05) is 0 Å². The molecule has 3 aliphatic heterocycles. The fraction of sp³-hybridized carbons (Fsp3) is 0.818. The van der Waals surface area contributed by atoms with E-state index in [1.165, 1.54) is 19.4 Å². The molecule has 0 aromatic rings. The Kier molecular flexibility index (Phi) is 2.44. The number of hydrogen-bond acceptors (Lipinski definition) is 4. The van der Waals surface area contributed by atoms with E-state index in [2.05, 4.69) is 15.1 Å². The molecule has 0 aromatic heterocycles. The Morgan fingerprint density at radius 2 is 1.62 bits per heavy atom. The number of nitrogens with zero attached hydrogens (tertiary/aromatic N) is 2. The van der Waals surface area contributed by atoms with Crippen LogP contribution in [0.5, 0.6) is 0 Å². The SMILES string of the molecule is O=C1CN(C2CCN3CCCC23)CC(=O)N1. The second-order valence-corrected chi connectivity index (χ2v) is 4.98. The normalized spacial score (nSPS) is 36.5. The molecule has 0 saturated carbocycles. The summed E-state index contributed by atoms with van der Waals surface area (Å²) in [5.41, 5.74) is 0. The number of nitrogens with one attached hydrogen (secondary N) is 1. The number of rotatable bonds is 1. The van der Waals surface area contributed by atoms with Crippen LogP contribution in [-0.4, -0.2) is 59.9 Å². The van der Waals surface area contributed by atoms with Crippen LogP contribution >= 0.6 is 0 Å². The van der Waals surface area contributed by atoms with Crippen LogP contribution in [-0.2, 0) is 9.59 Å². The highest BCUT2D eigenvalue weighted by atomic mass is 16.2. The minimum atomic E-state index is -0.146. The highest BCUT2D eigenvalue weighted by Crippen LogP contribution is 2.31. The molecule has 1 N–H and O–H groups in total. The van der Waals surface area contributed by atoms with Crippen LogP contribution in [0.15, 0.2) is 0 Å². The first-order valence-corrected chi connectivity index (χ1v) is 6.05. The van der Waals surface area contributed by atoms with Crippen molar-refractivity contribution in [3.8, 4) is 0 Å². The summed E-state index contributed by atoms with van der Waals surface area (Å²) in [6.07, 6.45) is 3.58. The first kappa shape index (κ1) is 10.2. The van der Waals surface area contributed by atoms with Crippen LogP contribution < -0.4 is 5.32 Å². The van der Waals surface area contributed by atoms with Crippen molar-refractivity contribution in [2.45, 2.75) is 31.3 Å². The monoisotopic (exact) mass is 223 g/mol. The lowest BCUT2D eigenvalue weighted by atomic mass is 10.0. The number of carbonyl (C=O) groups excluding carboxylic acids is 2. The first-order valence-electron chi connectivity index (χ1n) is 6.05. The van der Waals surface area contributed by atoms with Gasteiger partial charge >= 0.3 is 0 Å². The lowest BCUT2D eigenvalue weighted by Gasteiger charge is -2.34. The first-order chi connectivity index (χ1) is 7.74. The molecule has 0 radical (unpaired) electrons. The topological polar surface area (TPSA) is 52.7 Å². The summed E-state index contributed by atoms with van der Waals surface area (Å²) in [4.78, 5) is 27.3. The van der Waals surface area contributed by atoms with Crippen molar-refractivity contribution in [3.05, 3.63) is 0 Å². The molecule has 5 heteroatoms. The molecule has 0 aromatic carbocycles. The van der Waals surface area contributed by atoms with Gasteiger partial charge in [-0.1, -0.05) is 0 Å². The van der Waals surface area contributed by atoms with Crippen molar-refractivity contribution in [1.82, 2.24) is 15.1 Å². The molecule has 88 valence electrons. The van der Waals surface area contributed by atoms with Crippen LogP contribution in [0.3, 0.4) is 0 Å². The smallest absolute Gasteiger partial charge is 0.240 e. The zero-order chi connectivity index (χ0) is 11.1. The number of amides is 2. The van der Waals surface area contributed by atoms with E-state index < -0.39 is 0 Å². The average molecular weight is 223 g/mol. The zero-order valence-electron chi connectivity index (χ0n) is 9.32. The van der Waals surface area contributed by atoms with E-state index >= 15 is 0 Å². The quantitative estimate of drug-likeness (QED) is 0.590. The number of imide groups is 1. The molecule has 2 atom stereocenters. The van der Waals surface area contributed by atoms with Gasteiger partial charge in [-0.15, -0.1) is 0 Å². The molecule has 0 spiro atoms. The van der Waals surface area contributed by atoms with Crippen LogP contribution in [0.2, 0.25) is 0 Å². The molecular weight excluding hydrogens is 206 g/mol. The van der Waals surface area contributed by atoms with E-state index in [0.29, 0.717) is 25.2 Å². The van der Waals surface area contributed by atoms with Gasteiger partial charge in [-0.2, -0.15) is 0 Å². The largest absolute Gasteiger partial charge is 0.299 e. The molecule has 3 heterocycles. The fourth-order valence-corrected chi connectivity index (χ4v) is 3.38. The predicted octanol–water partition coefficient (Wildman–Crippen LogP) is -0.818. The molecule has 16 heavy (non-hydrogen) atoms. The molecule has 5 nitrogen and oxygen atoms in total. The van der Waals surface area contributed by atoms with Gasteiger partial charge in [-0.25, -0.2) is 0 Å². The maximum Gasteiger partial charge on any atom is 0.240 e. The lowest BCUT2D eigenvalue weighted by molar-refractivity contribution is -0.137. The van der Waals surface area contributed by atoms with E-state index in [-0.39, 0.29) is 11.8 Å². The molecule has 3 fully saturated rings. The molecule has 0 aliphatic carbocycles.